The van der Waals surface area contributed by atoms with Gasteiger partial charge in [-0.3, -0.25) is 4.79 Å². The molecule has 1 unspecified atom stereocenters. The van der Waals surface area contributed by atoms with Crippen LogP contribution in [0.2, 0.25) is 5.02 Å². The Morgan fingerprint density at radius 3 is 2.61 bits per heavy atom. The summed E-state index contributed by atoms with van der Waals surface area (Å²) in [4.78, 5) is 21.2. The average molecular weight is 439 g/mol. The third-order valence-corrected chi connectivity index (χ3v) is 7.03. The molecule has 5 rings (SSSR count). The fourth-order valence-corrected chi connectivity index (χ4v) is 5.39. The molecule has 0 radical (unpaired) electrons. The zero-order valence-corrected chi connectivity index (χ0v) is 17.9. The van der Waals surface area contributed by atoms with Crippen LogP contribution in [0.5, 0.6) is 0 Å². The fraction of sp³-hybridized carbons (Fsp3) is 0.375. The molecule has 0 aliphatic heterocycles. The summed E-state index contributed by atoms with van der Waals surface area (Å²) >= 11 is 5.92. The topological polar surface area (TPSA) is 66.9 Å². The second kappa shape index (κ2) is 8.08. The minimum absolute atomic E-state index is 0.0438. The van der Waals surface area contributed by atoms with Gasteiger partial charge in [0.15, 0.2) is 0 Å². The molecule has 0 saturated heterocycles. The number of aromatic nitrogens is 2. The highest BCUT2D eigenvalue weighted by atomic mass is 35.5. The predicted octanol–water partition coefficient (Wildman–Crippen LogP) is 5.07. The molecule has 1 amide bonds. The first-order valence-corrected chi connectivity index (χ1v) is 11.1. The van der Waals surface area contributed by atoms with Gasteiger partial charge in [0.2, 0.25) is 0 Å². The van der Waals surface area contributed by atoms with Crippen molar-refractivity contribution in [1.29, 1.82) is 0 Å². The Bertz CT molecular complexity index is 1110. The summed E-state index contributed by atoms with van der Waals surface area (Å²) in [5.74, 6) is 2.06. The van der Waals surface area contributed by atoms with Crippen LogP contribution >= 0.6 is 11.6 Å². The van der Waals surface area contributed by atoms with Gasteiger partial charge in [0.1, 0.15) is 18.0 Å². The maximum Gasteiger partial charge on any atom is 0.251 e. The van der Waals surface area contributed by atoms with Crippen molar-refractivity contribution in [1.82, 2.24) is 15.3 Å². The molecule has 2 aliphatic rings. The highest BCUT2D eigenvalue weighted by Gasteiger charge is 2.58. The maximum absolute atomic E-state index is 13.7. The molecule has 3 aromatic rings. The van der Waals surface area contributed by atoms with Crippen molar-refractivity contribution in [3.63, 3.8) is 0 Å². The van der Waals surface area contributed by atoms with Crippen molar-refractivity contribution in [3.8, 4) is 0 Å². The fourth-order valence-electron chi connectivity index (χ4n) is 5.27. The molecule has 1 heterocycles. The van der Waals surface area contributed by atoms with Crippen LogP contribution in [-0.2, 0) is 0 Å². The van der Waals surface area contributed by atoms with E-state index in [0.717, 1.165) is 24.8 Å². The Labute approximate surface area is 185 Å². The molecule has 160 valence electrons. The van der Waals surface area contributed by atoms with Crippen LogP contribution in [0.1, 0.15) is 36.5 Å². The molecule has 2 saturated carbocycles. The van der Waals surface area contributed by atoms with Crippen LogP contribution in [0.25, 0.3) is 10.9 Å². The SMILES string of the molecule is CCC(NC(=O)c1ccc(Cl)cc1)[C@H]1[C@@H]2C[C@@H](Nc3ncnc4ccc(F)cc34)C[C@@H]21. The number of nitrogens with one attached hydrogen (secondary N) is 2. The molecule has 2 aromatic carbocycles. The zero-order valence-electron chi connectivity index (χ0n) is 17.2. The van der Waals surface area contributed by atoms with Crippen LogP contribution in [-0.4, -0.2) is 28.0 Å². The molecule has 31 heavy (non-hydrogen) atoms. The van der Waals surface area contributed by atoms with Crippen molar-refractivity contribution >= 4 is 34.2 Å². The summed E-state index contributed by atoms with van der Waals surface area (Å²) in [6, 6.07) is 12.0. The second-order valence-electron chi connectivity index (χ2n) is 8.60. The summed E-state index contributed by atoms with van der Waals surface area (Å²) in [7, 11) is 0. The maximum atomic E-state index is 13.7. The first-order valence-electron chi connectivity index (χ1n) is 10.8. The van der Waals surface area contributed by atoms with Crippen LogP contribution in [0.15, 0.2) is 48.8 Å². The number of rotatable bonds is 6. The lowest BCUT2D eigenvalue weighted by Crippen LogP contribution is -2.38. The van der Waals surface area contributed by atoms with Crippen LogP contribution in [0, 0.1) is 23.6 Å². The van der Waals surface area contributed by atoms with Gasteiger partial charge in [0.05, 0.1) is 5.52 Å². The summed E-state index contributed by atoms with van der Waals surface area (Å²) < 4.78 is 13.7. The normalized spacial score (nSPS) is 25.1. The third kappa shape index (κ3) is 3.97. The minimum atomic E-state index is -0.290. The number of amides is 1. The quantitative estimate of drug-likeness (QED) is 0.564. The molecule has 0 bridgehead atoms. The number of hydrogen-bond donors (Lipinski definition) is 2. The summed E-state index contributed by atoms with van der Waals surface area (Å²) in [5, 5.41) is 8.06. The molecule has 2 aliphatic carbocycles. The van der Waals surface area contributed by atoms with Gasteiger partial charge in [-0.2, -0.15) is 0 Å². The van der Waals surface area contributed by atoms with Gasteiger partial charge >= 0.3 is 0 Å². The first-order chi connectivity index (χ1) is 15.0. The molecular formula is C24H24ClFN4O. The number of carbonyl (C=O) groups excluding carboxylic acids is 1. The van der Waals surface area contributed by atoms with Gasteiger partial charge < -0.3 is 10.6 Å². The Hall–Kier alpha value is -2.73. The van der Waals surface area contributed by atoms with E-state index in [1.54, 1.807) is 30.3 Å². The summed E-state index contributed by atoms with van der Waals surface area (Å²) in [6.45, 7) is 2.12. The van der Waals surface area contributed by atoms with E-state index in [1.807, 2.05) is 0 Å². The Morgan fingerprint density at radius 2 is 1.90 bits per heavy atom. The second-order valence-corrected chi connectivity index (χ2v) is 9.03. The van der Waals surface area contributed by atoms with Gasteiger partial charge in [0.25, 0.3) is 5.91 Å². The van der Waals surface area contributed by atoms with Gasteiger partial charge in [-0.05, 0) is 79.5 Å². The summed E-state index contributed by atoms with van der Waals surface area (Å²) in [6.07, 6.45) is 4.48. The number of fused-ring (bicyclic) bond motifs is 2. The smallest absolute Gasteiger partial charge is 0.251 e. The lowest BCUT2D eigenvalue weighted by atomic mass is 9.99. The van der Waals surface area contributed by atoms with E-state index in [1.165, 1.54) is 18.5 Å². The van der Waals surface area contributed by atoms with Crippen molar-refractivity contribution in [3.05, 3.63) is 65.2 Å². The van der Waals surface area contributed by atoms with Crippen molar-refractivity contribution in [2.75, 3.05) is 5.32 Å². The van der Waals surface area contributed by atoms with E-state index in [9.17, 15) is 9.18 Å². The average Bonchev–Trinajstić information content (AvgIpc) is 3.26. The number of carbonyl (C=O) groups is 1. The van der Waals surface area contributed by atoms with Crippen molar-refractivity contribution in [2.45, 2.75) is 38.3 Å². The lowest BCUT2D eigenvalue weighted by Gasteiger charge is -2.22. The van der Waals surface area contributed by atoms with Crippen molar-refractivity contribution < 1.29 is 9.18 Å². The van der Waals surface area contributed by atoms with Gasteiger partial charge in [0, 0.05) is 28.1 Å². The molecule has 7 heteroatoms. The first kappa shape index (κ1) is 20.2. The van der Waals surface area contributed by atoms with Gasteiger partial charge in [-0.25, -0.2) is 14.4 Å². The monoisotopic (exact) mass is 438 g/mol. The molecule has 0 spiro atoms. The highest BCUT2D eigenvalue weighted by molar-refractivity contribution is 6.30. The Morgan fingerprint density at radius 1 is 1.16 bits per heavy atom. The highest BCUT2D eigenvalue weighted by Crippen LogP contribution is 2.59. The Balaban J connectivity index is 1.21. The predicted molar refractivity (Wildman–Crippen MR) is 120 cm³/mol. The van der Waals surface area contributed by atoms with Crippen molar-refractivity contribution in [2.24, 2.45) is 17.8 Å². The molecule has 1 aromatic heterocycles. The minimum Gasteiger partial charge on any atom is -0.367 e. The Kier molecular flexibility index (Phi) is 5.26. The van der Waals surface area contributed by atoms with Crippen LogP contribution < -0.4 is 10.6 Å². The molecular weight excluding hydrogens is 415 g/mol. The molecule has 5 nitrogen and oxygen atoms in total. The number of nitrogens with zero attached hydrogens (tertiary/aromatic N) is 2. The number of anilines is 1. The van der Waals surface area contributed by atoms with E-state index in [4.69, 9.17) is 11.6 Å². The van der Waals surface area contributed by atoms with E-state index < -0.39 is 0 Å². The molecule has 5 atom stereocenters. The lowest BCUT2D eigenvalue weighted by molar-refractivity contribution is 0.0927. The third-order valence-electron chi connectivity index (χ3n) is 6.78. The van der Waals surface area contributed by atoms with Gasteiger partial charge in [-0.15, -0.1) is 0 Å². The molecule has 2 N–H and O–H groups in total. The standard InChI is InChI=1S/C24H24ClFN4O/c1-2-20(30-24(31)13-3-5-14(25)6-4-13)22-17-10-16(11-18(17)22)29-23-19-9-15(26)7-8-21(19)27-12-28-23/h3-9,12,16-18,20,22H,2,10-11H2,1H3,(H,30,31)(H,27,28,29)/t16-,17-,18+,20?,22+. The van der Waals surface area contributed by atoms with E-state index >= 15 is 0 Å². The van der Waals surface area contributed by atoms with E-state index in [2.05, 4.69) is 27.5 Å². The molecule has 2 fully saturated rings. The summed E-state index contributed by atoms with van der Waals surface area (Å²) in [5.41, 5.74) is 1.37. The van der Waals surface area contributed by atoms with Gasteiger partial charge in [-0.1, -0.05) is 18.5 Å². The number of benzene rings is 2. The van der Waals surface area contributed by atoms with Crippen LogP contribution in [0.4, 0.5) is 10.2 Å². The van der Waals surface area contributed by atoms with Crippen LogP contribution in [0.3, 0.4) is 0 Å². The zero-order chi connectivity index (χ0) is 21.5. The largest absolute Gasteiger partial charge is 0.367 e. The van der Waals surface area contributed by atoms with E-state index in [0.29, 0.717) is 45.6 Å². The number of hydrogen-bond acceptors (Lipinski definition) is 4. The number of halogens is 2. The van der Waals surface area contributed by atoms with E-state index in [-0.39, 0.29) is 17.8 Å².